The Morgan fingerprint density at radius 3 is 2.62 bits per heavy atom. The van der Waals surface area contributed by atoms with Crippen molar-refractivity contribution in [2.24, 2.45) is 11.3 Å². The first-order valence-corrected chi connectivity index (χ1v) is 6.78. The maximum Gasteiger partial charge on any atom is 0.100 e. The van der Waals surface area contributed by atoms with Crippen molar-refractivity contribution in [2.75, 3.05) is 0 Å². The zero-order valence-electron chi connectivity index (χ0n) is 10.8. The minimum absolute atomic E-state index is 0.0317. The van der Waals surface area contributed by atoms with Gasteiger partial charge in [-0.1, -0.05) is 13.3 Å². The van der Waals surface area contributed by atoms with Crippen molar-refractivity contribution < 1.29 is 9.84 Å². The van der Waals surface area contributed by atoms with E-state index < -0.39 is 0 Å². The molecule has 2 bridgehead atoms. The highest BCUT2D eigenvalue weighted by Crippen LogP contribution is 2.63. The van der Waals surface area contributed by atoms with Gasteiger partial charge in [-0.15, -0.1) is 0 Å². The number of hydrogen-bond acceptors (Lipinski definition) is 2. The van der Waals surface area contributed by atoms with Gasteiger partial charge < -0.3 is 9.84 Å². The van der Waals surface area contributed by atoms with Gasteiger partial charge >= 0.3 is 0 Å². The van der Waals surface area contributed by atoms with E-state index in [0.29, 0.717) is 5.92 Å². The molecule has 3 rings (SSSR count). The maximum absolute atomic E-state index is 10.5. The minimum atomic E-state index is -0.240. The van der Waals surface area contributed by atoms with E-state index in [4.69, 9.17) is 4.74 Å². The summed E-state index contributed by atoms with van der Waals surface area (Å²) in [7, 11) is 0. The Morgan fingerprint density at radius 1 is 1.12 bits per heavy atom. The van der Waals surface area contributed by atoms with Gasteiger partial charge in [-0.05, 0) is 57.3 Å². The molecule has 2 heteroatoms. The van der Waals surface area contributed by atoms with E-state index >= 15 is 0 Å². The topological polar surface area (TPSA) is 29.5 Å². The van der Waals surface area contributed by atoms with Gasteiger partial charge in [-0.2, -0.15) is 0 Å². The van der Waals surface area contributed by atoms with Crippen LogP contribution in [0.4, 0.5) is 0 Å². The van der Waals surface area contributed by atoms with Crippen LogP contribution in [0.3, 0.4) is 0 Å². The highest BCUT2D eigenvalue weighted by atomic mass is 16.5. The van der Waals surface area contributed by atoms with Crippen LogP contribution in [0.2, 0.25) is 0 Å². The maximum atomic E-state index is 10.5. The molecule has 1 saturated heterocycles. The molecule has 0 aromatic heterocycles. The third-order valence-corrected chi connectivity index (χ3v) is 5.79. The molecule has 0 aromatic carbocycles. The molecule has 1 unspecified atom stereocenters. The lowest BCUT2D eigenvalue weighted by Crippen LogP contribution is -2.58. The summed E-state index contributed by atoms with van der Waals surface area (Å²) in [6, 6.07) is 0. The molecular weight excluding hydrogens is 200 g/mol. The predicted molar refractivity (Wildman–Crippen MR) is 63.2 cm³/mol. The molecule has 92 valence electrons. The van der Waals surface area contributed by atoms with Crippen LogP contribution in [-0.2, 0) is 4.74 Å². The largest absolute Gasteiger partial charge is 0.390 e. The Bertz CT molecular complexity index is 312. The van der Waals surface area contributed by atoms with Crippen molar-refractivity contribution in [3.63, 3.8) is 0 Å². The molecule has 3 fully saturated rings. The lowest BCUT2D eigenvalue weighted by Gasteiger charge is -2.54. The van der Waals surface area contributed by atoms with Gasteiger partial charge in [0, 0.05) is 0 Å². The Morgan fingerprint density at radius 2 is 1.88 bits per heavy atom. The second-order valence-corrected chi connectivity index (χ2v) is 7.00. The summed E-state index contributed by atoms with van der Waals surface area (Å²) in [4.78, 5) is 0. The average molecular weight is 224 g/mol. The number of aliphatic hydroxyl groups excluding tert-OH is 1. The van der Waals surface area contributed by atoms with Gasteiger partial charge in [0.2, 0.25) is 0 Å². The van der Waals surface area contributed by atoms with E-state index in [9.17, 15) is 5.11 Å². The first-order chi connectivity index (χ1) is 7.40. The summed E-state index contributed by atoms with van der Waals surface area (Å²) < 4.78 is 6.43. The summed E-state index contributed by atoms with van der Waals surface area (Å²) >= 11 is 0. The first kappa shape index (κ1) is 11.0. The number of hydrogen-bond donors (Lipinski definition) is 1. The third kappa shape index (κ3) is 1.15. The van der Waals surface area contributed by atoms with Crippen LogP contribution >= 0.6 is 0 Å². The summed E-state index contributed by atoms with van der Waals surface area (Å²) in [6.45, 7) is 6.76. The van der Waals surface area contributed by atoms with Gasteiger partial charge in [-0.3, -0.25) is 0 Å². The molecule has 16 heavy (non-hydrogen) atoms. The molecule has 0 radical (unpaired) electrons. The van der Waals surface area contributed by atoms with Crippen LogP contribution in [0, 0.1) is 11.3 Å². The number of aliphatic hydroxyl groups is 1. The minimum Gasteiger partial charge on any atom is -0.390 e. The first-order valence-electron chi connectivity index (χ1n) is 6.78. The van der Waals surface area contributed by atoms with E-state index in [1.807, 2.05) is 0 Å². The average Bonchev–Trinajstić information content (AvgIpc) is 2.42. The summed E-state index contributed by atoms with van der Waals surface area (Å²) in [5.41, 5.74) is -0.0390. The predicted octanol–water partition coefficient (Wildman–Crippen LogP) is 2.89. The monoisotopic (exact) mass is 224 g/mol. The van der Waals surface area contributed by atoms with Crippen molar-refractivity contribution in [1.29, 1.82) is 0 Å². The van der Waals surface area contributed by atoms with Gasteiger partial charge in [0.05, 0.1) is 11.7 Å². The Hall–Kier alpha value is -0.0800. The van der Waals surface area contributed by atoms with E-state index in [-0.39, 0.29) is 22.7 Å². The molecule has 2 saturated carbocycles. The molecule has 0 aromatic rings. The summed E-state index contributed by atoms with van der Waals surface area (Å²) in [5.74, 6) is 0.647. The van der Waals surface area contributed by atoms with Crippen LogP contribution in [0.15, 0.2) is 0 Å². The van der Waals surface area contributed by atoms with Crippen molar-refractivity contribution in [1.82, 2.24) is 0 Å². The van der Waals surface area contributed by atoms with E-state index in [1.54, 1.807) is 0 Å². The lowest BCUT2D eigenvalue weighted by atomic mass is 9.55. The molecular formula is C14H24O2. The van der Waals surface area contributed by atoms with Crippen LogP contribution in [-0.4, -0.2) is 22.4 Å². The smallest absolute Gasteiger partial charge is 0.100 e. The van der Waals surface area contributed by atoms with Crippen LogP contribution in [0.1, 0.15) is 59.3 Å². The molecule has 1 spiro atoms. The van der Waals surface area contributed by atoms with Crippen LogP contribution in [0.5, 0.6) is 0 Å². The highest BCUT2D eigenvalue weighted by molar-refractivity contribution is 5.15. The Labute approximate surface area is 98.4 Å². The molecule has 1 aliphatic heterocycles. The fourth-order valence-corrected chi connectivity index (χ4v) is 4.59. The third-order valence-electron chi connectivity index (χ3n) is 5.79. The van der Waals surface area contributed by atoms with Gasteiger partial charge in [0.1, 0.15) is 5.60 Å². The molecule has 2 nitrogen and oxygen atoms in total. The van der Waals surface area contributed by atoms with E-state index in [0.717, 1.165) is 19.3 Å². The Balaban J connectivity index is 2.04. The van der Waals surface area contributed by atoms with Crippen molar-refractivity contribution in [2.45, 2.75) is 76.6 Å². The highest BCUT2D eigenvalue weighted by Gasteiger charge is 2.66. The fourth-order valence-electron chi connectivity index (χ4n) is 4.59. The van der Waals surface area contributed by atoms with E-state index in [2.05, 4.69) is 20.8 Å². The van der Waals surface area contributed by atoms with Crippen LogP contribution in [0.25, 0.3) is 0 Å². The zero-order chi connectivity index (χ0) is 11.6. The van der Waals surface area contributed by atoms with Crippen molar-refractivity contribution in [3.8, 4) is 0 Å². The lowest BCUT2D eigenvalue weighted by molar-refractivity contribution is -0.218. The molecule has 1 N–H and O–H groups in total. The van der Waals surface area contributed by atoms with Gasteiger partial charge in [0.25, 0.3) is 0 Å². The standard InChI is InChI=1S/C14H24O2/c1-12(2)10-6-8-13(3)7-4-5-11(15)14(13,9-10)16-12/h10-11,15H,4-9H2,1-3H3/t10-,11?,13+,14+/m1/s1. The van der Waals surface area contributed by atoms with Crippen molar-refractivity contribution >= 4 is 0 Å². The molecule has 3 aliphatic rings. The van der Waals surface area contributed by atoms with E-state index in [1.165, 1.54) is 19.3 Å². The second-order valence-electron chi connectivity index (χ2n) is 7.00. The summed E-state index contributed by atoms with van der Waals surface area (Å²) in [5, 5.41) is 10.5. The zero-order valence-corrected chi connectivity index (χ0v) is 10.8. The van der Waals surface area contributed by atoms with Gasteiger partial charge in [0.15, 0.2) is 0 Å². The normalized spacial score (nSPS) is 54.8. The van der Waals surface area contributed by atoms with Crippen molar-refractivity contribution in [3.05, 3.63) is 0 Å². The number of rotatable bonds is 0. The second kappa shape index (κ2) is 3.02. The van der Waals surface area contributed by atoms with Crippen LogP contribution < -0.4 is 0 Å². The molecule has 1 heterocycles. The molecule has 4 atom stereocenters. The number of ether oxygens (including phenoxy) is 1. The fraction of sp³-hybridized carbons (Fsp3) is 1.00. The molecule has 2 aliphatic carbocycles. The van der Waals surface area contributed by atoms with Gasteiger partial charge in [-0.25, -0.2) is 0 Å². The summed E-state index contributed by atoms with van der Waals surface area (Å²) in [6.07, 6.45) is 6.67. The quantitative estimate of drug-likeness (QED) is 0.685. The number of fused-ring (bicyclic) bond motifs is 1. The SMILES string of the molecule is CC1(C)O[C@]23C[C@H]1CC[C@]2(C)CCCC3O. The molecule has 0 amide bonds. The Kier molecular flexibility index (Phi) is 2.09.